The lowest BCUT2D eigenvalue weighted by atomic mass is 9.74. The van der Waals surface area contributed by atoms with E-state index in [1.165, 1.54) is 0 Å². The SMILES string of the molecule is O=C(OCc1ccccc1)N1CCC(C(=O)O)(C2CC2)CC1. The summed E-state index contributed by atoms with van der Waals surface area (Å²) < 4.78 is 5.31. The molecule has 1 aromatic rings. The van der Waals surface area contributed by atoms with Gasteiger partial charge in [-0.25, -0.2) is 4.79 Å². The van der Waals surface area contributed by atoms with Gasteiger partial charge in [0, 0.05) is 13.1 Å². The number of carbonyl (C=O) groups excluding carboxylic acids is 1. The van der Waals surface area contributed by atoms with Gasteiger partial charge in [0.2, 0.25) is 0 Å². The zero-order valence-electron chi connectivity index (χ0n) is 12.5. The summed E-state index contributed by atoms with van der Waals surface area (Å²) in [6.07, 6.45) is 2.73. The van der Waals surface area contributed by atoms with E-state index in [0.717, 1.165) is 18.4 Å². The van der Waals surface area contributed by atoms with E-state index in [4.69, 9.17) is 4.74 Å². The number of hydrogen-bond donors (Lipinski definition) is 1. The first-order chi connectivity index (χ1) is 10.6. The van der Waals surface area contributed by atoms with Crippen molar-refractivity contribution in [1.29, 1.82) is 0 Å². The van der Waals surface area contributed by atoms with Crippen LogP contribution in [0.25, 0.3) is 0 Å². The summed E-state index contributed by atoms with van der Waals surface area (Å²) >= 11 is 0. The summed E-state index contributed by atoms with van der Waals surface area (Å²) in [5.74, 6) is -0.403. The van der Waals surface area contributed by atoms with Gasteiger partial charge in [-0.15, -0.1) is 0 Å². The van der Waals surface area contributed by atoms with Crippen LogP contribution in [0.2, 0.25) is 0 Å². The molecular formula is C17H21NO4. The Labute approximate surface area is 129 Å². The highest BCUT2D eigenvalue weighted by Crippen LogP contribution is 2.51. The van der Waals surface area contributed by atoms with Crippen LogP contribution in [-0.2, 0) is 16.1 Å². The maximum absolute atomic E-state index is 12.1. The molecule has 2 aliphatic rings. The molecule has 118 valence electrons. The van der Waals surface area contributed by atoms with Crippen LogP contribution < -0.4 is 0 Å². The van der Waals surface area contributed by atoms with Crippen molar-refractivity contribution in [1.82, 2.24) is 4.90 Å². The topological polar surface area (TPSA) is 66.8 Å². The van der Waals surface area contributed by atoms with E-state index in [9.17, 15) is 14.7 Å². The quantitative estimate of drug-likeness (QED) is 0.928. The lowest BCUT2D eigenvalue weighted by Gasteiger charge is -2.38. The fourth-order valence-electron chi connectivity index (χ4n) is 3.33. The number of carboxylic acids is 1. The highest BCUT2D eigenvalue weighted by Gasteiger charge is 2.52. The Morgan fingerprint density at radius 1 is 1.18 bits per heavy atom. The number of hydrogen-bond acceptors (Lipinski definition) is 3. The number of rotatable bonds is 4. The number of carbonyl (C=O) groups is 2. The van der Waals surface area contributed by atoms with Gasteiger partial charge in [0.05, 0.1) is 5.41 Å². The molecule has 22 heavy (non-hydrogen) atoms. The van der Waals surface area contributed by atoms with Crippen LogP contribution in [-0.4, -0.2) is 35.2 Å². The monoisotopic (exact) mass is 303 g/mol. The van der Waals surface area contributed by atoms with E-state index in [1.807, 2.05) is 30.3 Å². The average Bonchev–Trinajstić information content (AvgIpc) is 3.39. The maximum Gasteiger partial charge on any atom is 0.410 e. The second kappa shape index (κ2) is 5.99. The predicted octanol–water partition coefficient (Wildman–Crippen LogP) is 2.90. The Morgan fingerprint density at radius 3 is 2.36 bits per heavy atom. The maximum atomic E-state index is 12.1. The Bertz CT molecular complexity index is 545. The summed E-state index contributed by atoms with van der Waals surface area (Å²) in [6, 6.07) is 9.54. The molecule has 0 radical (unpaired) electrons. The van der Waals surface area contributed by atoms with E-state index in [-0.39, 0.29) is 12.7 Å². The van der Waals surface area contributed by atoms with Crippen molar-refractivity contribution in [3.8, 4) is 0 Å². The molecule has 1 saturated heterocycles. The molecule has 1 heterocycles. The first-order valence-corrected chi connectivity index (χ1v) is 7.81. The Hall–Kier alpha value is -2.04. The molecule has 5 heteroatoms. The van der Waals surface area contributed by atoms with Crippen LogP contribution in [0.15, 0.2) is 30.3 Å². The van der Waals surface area contributed by atoms with Crippen LogP contribution in [0.4, 0.5) is 4.79 Å². The van der Waals surface area contributed by atoms with Gasteiger partial charge in [-0.05, 0) is 37.2 Å². The van der Waals surface area contributed by atoms with Crippen molar-refractivity contribution in [2.75, 3.05) is 13.1 Å². The van der Waals surface area contributed by atoms with E-state index < -0.39 is 11.4 Å². The molecule has 1 aliphatic carbocycles. The molecule has 0 aromatic heterocycles. The molecule has 5 nitrogen and oxygen atoms in total. The fourth-order valence-corrected chi connectivity index (χ4v) is 3.33. The van der Waals surface area contributed by atoms with E-state index >= 15 is 0 Å². The van der Waals surface area contributed by atoms with Crippen molar-refractivity contribution >= 4 is 12.1 Å². The molecule has 1 amide bonds. The second-order valence-electron chi connectivity index (χ2n) is 6.26. The third kappa shape index (κ3) is 2.93. The lowest BCUT2D eigenvalue weighted by Crippen LogP contribution is -2.47. The molecule has 2 fully saturated rings. The van der Waals surface area contributed by atoms with Crippen molar-refractivity contribution in [3.05, 3.63) is 35.9 Å². The van der Waals surface area contributed by atoms with Crippen LogP contribution in [0, 0.1) is 11.3 Å². The molecule has 3 rings (SSSR count). The first-order valence-electron chi connectivity index (χ1n) is 7.81. The largest absolute Gasteiger partial charge is 0.481 e. The van der Waals surface area contributed by atoms with Gasteiger partial charge >= 0.3 is 12.1 Å². The molecule has 1 N–H and O–H groups in total. The van der Waals surface area contributed by atoms with Crippen molar-refractivity contribution in [3.63, 3.8) is 0 Å². The number of amides is 1. The molecule has 1 aliphatic heterocycles. The first kappa shape index (κ1) is 14.9. The number of aliphatic carboxylic acids is 1. The number of nitrogens with zero attached hydrogens (tertiary/aromatic N) is 1. The van der Waals surface area contributed by atoms with Crippen LogP contribution in [0.3, 0.4) is 0 Å². The molecule has 1 saturated carbocycles. The van der Waals surface area contributed by atoms with Crippen molar-refractivity contribution in [2.45, 2.75) is 32.3 Å². The minimum Gasteiger partial charge on any atom is -0.481 e. The molecule has 1 aromatic carbocycles. The summed E-state index contributed by atoms with van der Waals surface area (Å²) in [5.41, 5.74) is 0.335. The molecule has 0 atom stereocenters. The number of benzene rings is 1. The van der Waals surface area contributed by atoms with Crippen LogP contribution >= 0.6 is 0 Å². The van der Waals surface area contributed by atoms with Gasteiger partial charge < -0.3 is 14.7 Å². The van der Waals surface area contributed by atoms with E-state index in [1.54, 1.807) is 4.90 Å². The molecule has 0 bridgehead atoms. The van der Waals surface area contributed by atoms with Crippen molar-refractivity contribution < 1.29 is 19.4 Å². The Kier molecular flexibility index (Phi) is 4.05. The number of ether oxygens (including phenoxy) is 1. The smallest absolute Gasteiger partial charge is 0.410 e. The predicted molar refractivity (Wildman–Crippen MR) is 80.2 cm³/mol. The third-order valence-corrected chi connectivity index (χ3v) is 4.90. The zero-order chi connectivity index (χ0) is 15.6. The lowest BCUT2D eigenvalue weighted by molar-refractivity contribution is -0.153. The summed E-state index contributed by atoms with van der Waals surface area (Å²) in [6.45, 7) is 1.19. The minimum absolute atomic E-state index is 0.253. The minimum atomic E-state index is -0.702. The summed E-state index contributed by atoms with van der Waals surface area (Å²) in [7, 11) is 0. The van der Waals surface area contributed by atoms with Gasteiger partial charge in [-0.1, -0.05) is 30.3 Å². The van der Waals surface area contributed by atoms with E-state index in [2.05, 4.69) is 0 Å². The summed E-state index contributed by atoms with van der Waals surface area (Å²) in [4.78, 5) is 25.3. The zero-order valence-corrected chi connectivity index (χ0v) is 12.5. The van der Waals surface area contributed by atoms with Gasteiger partial charge in [0.1, 0.15) is 6.61 Å². The van der Waals surface area contributed by atoms with E-state index in [0.29, 0.717) is 31.8 Å². The third-order valence-electron chi connectivity index (χ3n) is 4.90. The number of carboxylic acid groups (broad SMARTS) is 1. The van der Waals surface area contributed by atoms with Gasteiger partial charge in [0.25, 0.3) is 0 Å². The Balaban J connectivity index is 1.52. The molecule has 0 spiro atoms. The fraction of sp³-hybridized carbons (Fsp3) is 0.529. The Morgan fingerprint density at radius 2 is 1.82 bits per heavy atom. The molecular weight excluding hydrogens is 282 g/mol. The van der Waals surface area contributed by atoms with Crippen LogP contribution in [0.5, 0.6) is 0 Å². The summed E-state index contributed by atoms with van der Waals surface area (Å²) in [5, 5.41) is 9.54. The van der Waals surface area contributed by atoms with Gasteiger partial charge in [-0.2, -0.15) is 0 Å². The average molecular weight is 303 g/mol. The number of piperidine rings is 1. The van der Waals surface area contributed by atoms with Gasteiger partial charge in [0.15, 0.2) is 0 Å². The highest BCUT2D eigenvalue weighted by atomic mass is 16.6. The second-order valence-corrected chi connectivity index (χ2v) is 6.26. The highest BCUT2D eigenvalue weighted by molar-refractivity contribution is 5.76. The van der Waals surface area contributed by atoms with Gasteiger partial charge in [-0.3, -0.25) is 4.79 Å². The normalized spacial score (nSPS) is 20.5. The molecule has 0 unspecified atom stereocenters. The van der Waals surface area contributed by atoms with Crippen molar-refractivity contribution in [2.24, 2.45) is 11.3 Å². The standard InChI is InChI=1S/C17H21NO4/c19-15(20)17(14-6-7-14)8-10-18(11-9-17)16(21)22-12-13-4-2-1-3-5-13/h1-5,14H,6-12H2,(H,19,20). The number of likely N-dealkylation sites (tertiary alicyclic amines) is 1. The van der Waals surface area contributed by atoms with Crippen LogP contribution in [0.1, 0.15) is 31.2 Å².